The molecule has 0 heterocycles. The maximum absolute atomic E-state index is 12.4. The summed E-state index contributed by atoms with van der Waals surface area (Å²) < 4.78 is 68.7. The van der Waals surface area contributed by atoms with Gasteiger partial charge in [-0.15, -0.1) is 0 Å². The molecule has 0 fully saturated rings. The predicted molar refractivity (Wildman–Crippen MR) is 175 cm³/mol. The first kappa shape index (κ1) is 29.6. The first-order valence-electron chi connectivity index (χ1n) is 15.0. The summed E-state index contributed by atoms with van der Waals surface area (Å²) in [5.74, 6) is -0.156. The van der Waals surface area contributed by atoms with Gasteiger partial charge in [0.05, 0.1) is 0 Å². The predicted octanol–water partition coefficient (Wildman–Crippen LogP) is 8.19. The van der Waals surface area contributed by atoms with Crippen LogP contribution >= 0.6 is 0 Å². The van der Waals surface area contributed by atoms with E-state index in [4.69, 9.17) is 0 Å². The summed E-state index contributed by atoms with van der Waals surface area (Å²) in [6, 6.07) is 31.7. The SMILES string of the molecule is CCc1ccc2c(c1)C(c1ccccc1)c1cc3c(cc1-2)C(c1ccc(S(=O)(=O)O)c(S(=O)(=O)O)c1)c1cc(C(C)C)ccc1-3. The molecular formula is C37H32O6S2. The highest BCUT2D eigenvalue weighted by Crippen LogP contribution is 2.56. The van der Waals surface area contributed by atoms with Crippen LogP contribution in [0, 0.1) is 0 Å². The molecule has 228 valence electrons. The molecule has 2 atom stereocenters. The van der Waals surface area contributed by atoms with Crippen LogP contribution in [0.5, 0.6) is 0 Å². The maximum atomic E-state index is 12.4. The van der Waals surface area contributed by atoms with Gasteiger partial charge in [-0.2, -0.15) is 16.8 Å². The molecule has 0 amide bonds. The molecule has 0 bridgehead atoms. The number of hydrogen-bond donors (Lipinski definition) is 2. The molecule has 0 spiro atoms. The summed E-state index contributed by atoms with van der Waals surface area (Å²) in [5, 5.41) is 0. The average Bonchev–Trinajstić information content (AvgIpc) is 3.50. The number of hydrogen-bond acceptors (Lipinski definition) is 4. The first-order chi connectivity index (χ1) is 21.4. The molecule has 0 aliphatic heterocycles. The van der Waals surface area contributed by atoms with E-state index in [0.717, 1.165) is 51.4 Å². The summed E-state index contributed by atoms with van der Waals surface area (Å²) in [7, 11) is -9.89. The Labute approximate surface area is 263 Å². The molecule has 45 heavy (non-hydrogen) atoms. The lowest BCUT2D eigenvalue weighted by molar-refractivity contribution is 0.466. The smallest absolute Gasteiger partial charge is 0.282 e. The van der Waals surface area contributed by atoms with Gasteiger partial charge in [-0.3, -0.25) is 9.11 Å². The van der Waals surface area contributed by atoms with Crippen molar-refractivity contribution in [3.05, 3.63) is 142 Å². The molecule has 6 nitrogen and oxygen atoms in total. The van der Waals surface area contributed by atoms with E-state index in [1.165, 1.54) is 34.4 Å². The van der Waals surface area contributed by atoms with E-state index in [2.05, 4.69) is 93.6 Å². The molecule has 0 aromatic heterocycles. The van der Waals surface area contributed by atoms with Gasteiger partial charge in [0.25, 0.3) is 20.2 Å². The zero-order chi connectivity index (χ0) is 31.8. The minimum atomic E-state index is -4.98. The molecule has 2 unspecified atom stereocenters. The third kappa shape index (κ3) is 4.84. The van der Waals surface area contributed by atoms with E-state index in [1.54, 1.807) is 0 Å². The molecule has 5 aromatic rings. The zero-order valence-electron chi connectivity index (χ0n) is 25.0. The van der Waals surface area contributed by atoms with Gasteiger partial charge in [0.15, 0.2) is 0 Å². The lowest BCUT2D eigenvalue weighted by atomic mass is 9.85. The minimum absolute atomic E-state index is 0.0469. The molecule has 7 rings (SSSR count). The molecule has 0 radical (unpaired) electrons. The van der Waals surface area contributed by atoms with Gasteiger partial charge in [0.2, 0.25) is 0 Å². The van der Waals surface area contributed by atoms with Crippen LogP contribution in [-0.4, -0.2) is 25.9 Å². The fourth-order valence-corrected chi connectivity index (χ4v) is 8.93. The Morgan fingerprint density at radius 3 is 1.71 bits per heavy atom. The molecule has 2 aliphatic carbocycles. The van der Waals surface area contributed by atoms with E-state index in [9.17, 15) is 25.9 Å². The third-order valence-corrected chi connectivity index (χ3v) is 11.2. The Kier molecular flexibility index (Phi) is 6.91. The van der Waals surface area contributed by atoms with Crippen molar-refractivity contribution in [1.82, 2.24) is 0 Å². The standard InChI is InChI=1S/C37H32O6S2/c1-4-22-10-13-26-28-20-33-29(19-32(28)36(30(26)16-22)23-8-6-5-7-9-23)27-14-11-24(21(2)3)17-31(27)37(33)25-12-15-34(44(38,39)40)35(18-25)45(41,42)43/h5-21,36-37H,4H2,1-3H3,(H,38,39,40)(H,41,42,43). The van der Waals surface area contributed by atoms with Crippen molar-refractivity contribution in [2.45, 2.75) is 54.7 Å². The minimum Gasteiger partial charge on any atom is -0.282 e. The van der Waals surface area contributed by atoms with Gasteiger partial charge in [-0.1, -0.05) is 93.6 Å². The van der Waals surface area contributed by atoms with Crippen LogP contribution in [0.4, 0.5) is 0 Å². The number of fused-ring (bicyclic) bond motifs is 6. The zero-order valence-corrected chi connectivity index (χ0v) is 26.7. The lowest BCUT2D eigenvalue weighted by Gasteiger charge is -2.19. The highest BCUT2D eigenvalue weighted by atomic mass is 32.2. The van der Waals surface area contributed by atoms with Gasteiger partial charge < -0.3 is 0 Å². The van der Waals surface area contributed by atoms with Crippen LogP contribution in [0.2, 0.25) is 0 Å². The van der Waals surface area contributed by atoms with E-state index in [1.807, 2.05) is 6.07 Å². The van der Waals surface area contributed by atoms with Crippen molar-refractivity contribution in [3.8, 4) is 22.3 Å². The number of aryl methyl sites for hydroxylation is 1. The summed E-state index contributed by atoms with van der Waals surface area (Å²) in [5.41, 5.74) is 12.8. The molecule has 2 aliphatic rings. The highest BCUT2D eigenvalue weighted by molar-refractivity contribution is 7.89. The van der Waals surface area contributed by atoms with Crippen LogP contribution in [0.1, 0.15) is 83.0 Å². The van der Waals surface area contributed by atoms with Crippen molar-refractivity contribution in [2.75, 3.05) is 0 Å². The van der Waals surface area contributed by atoms with Gasteiger partial charge in [-0.25, -0.2) is 0 Å². The second-order valence-electron chi connectivity index (χ2n) is 12.2. The van der Waals surface area contributed by atoms with Crippen LogP contribution in [-0.2, 0) is 26.7 Å². The molecule has 0 saturated carbocycles. The third-order valence-electron chi connectivity index (χ3n) is 9.30. The van der Waals surface area contributed by atoms with E-state index in [-0.39, 0.29) is 11.8 Å². The van der Waals surface area contributed by atoms with Crippen LogP contribution in [0.3, 0.4) is 0 Å². The van der Waals surface area contributed by atoms with E-state index < -0.39 is 35.9 Å². The van der Waals surface area contributed by atoms with E-state index in [0.29, 0.717) is 5.56 Å². The number of benzene rings is 5. The molecule has 0 saturated heterocycles. The quantitative estimate of drug-likeness (QED) is 0.178. The average molecular weight is 637 g/mol. The second kappa shape index (κ2) is 10.5. The number of rotatable bonds is 6. The van der Waals surface area contributed by atoms with Gasteiger partial charge in [0.1, 0.15) is 9.79 Å². The maximum Gasteiger partial charge on any atom is 0.295 e. The van der Waals surface area contributed by atoms with Crippen molar-refractivity contribution in [1.29, 1.82) is 0 Å². The summed E-state index contributed by atoms with van der Waals surface area (Å²) in [4.78, 5) is -1.70. The summed E-state index contributed by atoms with van der Waals surface area (Å²) in [6.45, 7) is 6.37. The molecular weight excluding hydrogens is 605 g/mol. The molecule has 5 aromatic carbocycles. The van der Waals surface area contributed by atoms with Crippen LogP contribution in [0.15, 0.2) is 107 Å². The van der Waals surface area contributed by atoms with Gasteiger partial charge in [-0.05, 0) is 103 Å². The molecule has 8 heteroatoms. The second-order valence-corrected chi connectivity index (χ2v) is 15.0. The van der Waals surface area contributed by atoms with Crippen molar-refractivity contribution >= 4 is 20.2 Å². The van der Waals surface area contributed by atoms with Crippen LogP contribution < -0.4 is 0 Å². The van der Waals surface area contributed by atoms with Crippen molar-refractivity contribution < 1.29 is 25.9 Å². The Bertz CT molecular complexity index is 2240. The topological polar surface area (TPSA) is 109 Å². The Morgan fingerprint density at radius 1 is 0.578 bits per heavy atom. The highest BCUT2D eigenvalue weighted by Gasteiger charge is 2.37. The summed E-state index contributed by atoms with van der Waals surface area (Å²) in [6.07, 6.45) is 0.922. The largest absolute Gasteiger partial charge is 0.295 e. The molecule has 2 N–H and O–H groups in total. The monoisotopic (exact) mass is 636 g/mol. The van der Waals surface area contributed by atoms with E-state index >= 15 is 0 Å². The Morgan fingerprint density at radius 2 is 1.13 bits per heavy atom. The van der Waals surface area contributed by atoms with Crippen molar-refractivity contribution in [2.24, 2.45) is 0 Å². The van der Waals surface area contributed by atoms with Gasteiger partial charge in [0, 0.05) is 11.8 Å². The fraction of sp³-hybridized carbons (Fsp3) is 0.189. The Hall–Kier alpha value is -4.08. The van der Waals surface area contributed by atoms with Gasteiger partial charge >= 0.3 is 0 Å². The van der Waals surface area contributed by atoms with Crippen LogP contribution in [0.25, 0.3) is 22.3 Å². The Balaban J connectivity index is 1.52. The normalized spacial score (nSPS) is 16.8. The summed E-state index contributed by atoms with van der Waals surface area (Å²) >= 11 is 0. The van der Waals surface area contributed by atoms with Crippen molar-refractivity contribution in [3.63, 3.8) is 0 Å². The first-order valence-corrected chi connectivity index (χ1v) is 17.8. The fourth-order valence-electron chi connectivity index (χ4n) is 7.14. The lowest BCUT2D eigenvalue weighted by Crippen LogP contribution is -2.10.